The Bertz CT molecular complexity index is 450. The highest BCUT2D eigenvalue weighted by atomic mass is 35.5. The fraction of sp³-hybridized carbons (Fsp3) is 0.462. The van der Waals surface area contributed by atoms with E-state index in [0.717, 1.165) is 38.2 Å². The molecule has 1 aliphatic heterocycles. The zero-order chi connectivity index (χ0) is 13.0. The summed E-state index contributed by atoms with van der Waals surface area (Å²) in [6.45, 7) is 3.62. The zero-order valence-corrected chi connectivity index (χ0v) is 10.8. The van der Waals surface area contributed by atoms with Crippen LogP contribution < -0.4 is 5.32 Å². The van der Waals surface area contributed by atoms with Crippen LogP contribution in [0.3, 0.4) is 0 Å². The lowest BCUT2D eigenvalue weighted by molar-refractivity contribution is 0.252. The molecule has 5 heteroatoms. The molecule has 0 aliphatic carbocycles. The summed E-state index contributed by atoms with van der Waals surface area (Å²) >= 11 is 5.90. The number of nitrogens with one attached hydrogen (secondary N) is 1. The Hall–Kier alpha value is -1.28. The summed E-state index contributed by atoms with van der Waals surface area (Å²) in [6.07, 6.45) is 1.03. The van der Waals surface area contributed by atoms with E-state index in [9.17, 15) is 10.4 Å². The number of nitriles is 1. The molecule has 0 spiro atoms. The van der Waals surface area contributed by atoms with Crippen molar-refractivity contribution in [2.45, 2.75) is 12.5 Å². The van der Waals surface area contributed by atoms with Gasteiger partial charge in [-0.2, -0.15) is 5.26 Å². The van der Waals surface area contributed by atoms with Gasteiger partial charge in [0.25, 0.3) is 0 Å². The van der Waals surface area contributed by atoms with Crippen LogP contribution in [0.15, 0.2) is 18.2 Å². The normalized spacial score (nSPS) is 18.9. The van der Waals surface area contributed by atoms with Crippen molar-refractivity contribution in [3.63, 3.8) is 0 Å². The van der Waals surface area contributed by atoms with Crippen LogP contribution in [0, 0.1) is 11.3 Å². The highest BCUT2D eigenvalue weighted by Crippen LogP contribution is 2.29. The molecule has 18 heavy (non-hydrogen) atoms. The summed E-state index contributed by atoms with van der Waals surface area (Å²) in [5.74, 6) is 0.0506. The molecule has 1 saturated heterocycles. The average Bonchev–Trinajstić information content (AvgIpc) is 2.64. The topological polar surface area (TPSA) is 59.3 Å². The molecular formula is C13H16ClN3O. The molecule has 1 aromatic rings. The molecule has 96 valence electrons. The Morgan fingerprint density at radius 1 is 1.39 bits per heavy atom. The third-order valence-corrected chi connectivity index (χ3v) is 3.45. The SMILES string of the molecule is N#CC(c1ccc(O)c(Cl)c1)N1CCCNCC1. The number of rotatable bonds is 2. The number of phenolic OH excluding ortho intramolecular Hbond substituents is 1. The highest BCUT2D eigenvalue weighted by Gasteiger charge is 2.21. The molecule has 1 atom stereocenters. The Kier molecular flexibility index (Phi) is 4.43. The monoisotopic (exact) mass is 265 g/mol. The predicted molar refractivity (Wildman–Crippen MR) is 70.5 cm³/mol. The Balaban J connectivity index is 2.21. The van der Waals surface area contributed by atoms with Gasteiger partial charge in [-0.15, -0.1) is 0 Å². The van der Waals surface area contributed by atoms with Gasteiger partial charge in [0.2, 0.25) is 0 Å². The predicted octanol–water partition coefficient (Wildman–Crippen LogP) is 1.91. The quantitative estimate of drug-likeness (QED) is 0.858. The molecule has 1 unspecified atom stereocenters. The van der Waals surface area contributed by atoms with Gasteiger partial charge in [-0.1, -0.05) is 17.7 Å². The molecule has 4 nitrogen and oxygen atoms in total. The largest absolute Gasteiger partial charge is 0.506 e. The Labute approximate surface area is 112 Å². The minimum absolute atomic E-state index is 0.0506. The highest BCUT2D eigenvalue weighted by molar-refractivity contribution is 6.32. The van der Waals surface area contributed by atoms with Crippen LogP contribution in [0.1, 0.15) is 18.0 Å². The summed E-state index contributed by atoms with van der Waals surface area (Å²) in [6, 6.07) is 6.98. The minimum Gasteiger partial charge on any atom is -0.506 e. The first-order chi connectivity index (χ1) is 8.72. The molecule has 1 aromatic carbocycles. The van der Waals surface area contributed by atoms with E-state index in [0.29, 0.717) is 5.02 Å². The number of aromatic hydroxyl groups is 1. The third kappa shape index (κ3) is 2.94. The lowest BCUT2D eigenvalue weighted by Gasteiger charge is -2.25. The first-order valence-electron chi connectivity index (χ1n) is 6.05. The lowest BCUT2D eigenvalue weighted by Crippen LogP contribution is -2.31. The summed E-state index contributed by atoms with van der Waals surface area (Å²) in [5.41, 5.74) is 0.835. The van der Waals surface area contributed by atoms with Gasteiger partial charge in [0.05, 0.1) is 11.1 Å². The van der Waals surface area contributed by atoms with Gasteiger partial charge in [0.15, 0.2) is 0 Å². The van der Waals surface area contributed by atoms with Crippen LogP contribution >= 0.6 is 11.6 Å². The van der Waals surface area contributed by atoms with Crippen LogP contribution in [0.25, 0.3) is 0 Å². The molecule has 0 radical (unpaired) electrons. The van der Waals surface area contributed by atoms with Gasteiger partial charge in [-0.25, -0.2) is 0 Å². The third-order valence-electron chi connectivity index (χ3n) is 3.15. The summed E-state index contributed by atoms with van der Waals surface area (Å²) < 4.78 is 0. The molecule has 1 fully saturated rings. The van der Waals surface area contributed by atoms with Gasteiger partial charge >= 0.3 is 0 Å². The van der Waals surface area contributed by atoms with Crippen molar-refractivity contribution in [2.75, 3.05) is 26.2 Å². The molecule has 1 heterocycles. The maximum atomic E-state index is 9.42. The molecule has 1 aliphatic rings. The van der Waals surface area contributed by atoms with Crippen LogP contribution in [0.2, 0.25) is 5.02 Å². The van der Waals surface area contributed by atoms with E-state index < -0.39 is 0 Å². The van der Waals surface area contributed by atoms with Crippen LogP contribution in [0.5, 0.6) is 5.75 Å². The van der Waals surface area contributed by atoms with E-state index in [1.165, 1.54) is 6.07 Å². The number of hydrogen-bond donors (Lipinski definition) is 2. The Morgan fingerprint density at radius 2 is 2.22 bits per heavy atom. The van der Waals surface area contributed by atoms with E-state index in [2.05, 4.69) is 16.3 Å². The maximum Gasteiger partial charge on any atom is 0.134 e. The van der Waals surface area contributed by atoms with E-state index in [-0.39, 0.29) is 11.8 Å². The molecule has 2 N–H and O–H groups in total. The smallest absolute Gasteiger partial charge is 0.134 e. The van der Waals surface area contributed by atoms with E-state index in [4.69, 9.17) is 11.6 Å². The second-order valence-corrected chi connectivity index (χ2v) is 4.79. The van der Waals surface area contributed by atoms with Crippen molar-refractivity contribution in [3.05, 3.63) is 28.8 Å². The summed E-state index contributed by atoms with van der Waals surface area (Å²) in [5, 5.41) is 22.4. The number of hydrogen-bond acceptors (Lipinski definition) is 4. The van der Waals surface area contributed by atoms with E-state index >= 15 is 0 Å². The minimum atomic E-state index is -0.303. The Morgan fingerprint density at radius 3 is 2.94 bits per heavy atom. The average molecular weight is 266 g/mol. The van der Waals surface area contributed by atoms with Crippen molar-refractivity contribution in [1.29, 1.82) is 5.26 Å². The first-order valence-corrected chi connectivity index (χ1v) is 6.43. The zero-order valence-electron chi connectivity index (χ0n) is 10.1. The summed E-state index contributed by atoms with van der Waals surface area (Å²) in [4.78, 5) is 2.14. The van der Waals surface area contributed by atoms with Crippen LogP contribution in [-0.4, -0.2) is 36.2 Å². The summed E-state index contributed by atoms with van der Waals surface area (Å²) in [7, 11) is 0. The van der Waals surface area contributed by atoms with Crippen LogP contribution in [-0.2, 0) is 0 Å². The molecule has 0 saturated carbocycles. The van der Waals surface area contributed by atoms with Gasteiger partial charge in [-0.3, -0.25) is 4.90 Å². The van der Waals surface area contributed by atoms with Crippen LogP contribution in [0.4, 0.5) is 0 Å². The number of halogens is 1. The fourth-order valence-corrected chi connectivity index (χ4v) is 2.37. The van der Waals surface area contributed by atoms with E-state index in [1.807, 2.05) is 0 Å². The van der Waals surface area contributed by atoms with Gasteiger partial charge < -0.3 is 10.4 Å². The van der Waals surface area contributed by atoms with Gasteiger partial charge in [0.1, 0.15) is 11.8 Å². The van der Waals surface area contributed by atoms with Crippen molar-refractivity contribution in [3.8, 4) is 11.8 Å². The van der Waals surface area contributed by atoms with E-state index in [1.54, 1.807) is 12.1 Å². The molecule has 2 rings (SSSR count). The van der Waals surface area contributed by atoms with Crippen molar-refractivity contribution in [2.24, 2.45) is 0 Å². The lowest BCUT2D eigenvalue weighted by atomic mass is 10.1. The van der Waals surface area contributed by atoms with Crippen molar-refractivity contribution in [1.82, 2.24) is 10.2 Å². The van der Waals surface area contributed by atoms with Gasteiger partial charge in [-0.05, 0) is 30.7 Å². The number of nitrogens with zero attached hydrogens (tertiary/aromatic N) is 2. The second kappa shape index (κ2) is 6.05. The standard InChI is InChI=1S/C13H16ClN3O/c14-11-8-10(2-3-13(11)18)12(9-15)17-6-1-4-16-5-7-17/h2-3,8,12,16,18H,1,4-7H2. The number of phenols is 1. The fourth-order valence-electron chi connectivity index (χ4n) is 2.19. The first kappa shape index (κ1) is 13.2. The molecule has 0 bridgehead atoms. The second-order valence-electron chi connectivity index (χ2n) is 4.38. The molecular weight excluding hydrogens is 250 g/mol. The van der Waals surface area contributed by atoms with Gasteiger partial charge in [0, 0.05) is 19.6 Å². The van der Waals surface area contributed by atoms with Crippen molar-refractivity contribution < 1.29 is 5.11 Å². The molecule has 0 amide bonds. The maximum absolute atomic E-state index is 9.42. The van der Waals surface area contributed by atoms with Crippen molar-refractivity contribution >= 4 is 11.6 Å². The number of benzene rings is 1. The molecule has 0 aromatic heterocycles.